The Morgan fingerprint density at radius 3 is 2.89 bits per heavy atom. The number of rotatable bonds is 8. The van der Waals surface area contributed by atoms with Gasteiger partial charge in [-0.1, -0.05) is 18.2 Å². The van der Waals surface area contributed by atoms with E-state index in [2.05, 4.69) is 10.6 Å². The monoisotopic (exact) mass is 262 g/mol. The number of para-hydroxylation sites is 1. The molecular formula is C15H22N2O2. The van der Waals surface area contributed by atoms with Crippen molar-refractivity contribution in [1.29, 1.82) is 0 Å². The molecule has 1 aliphatic rings. The minimum absolute atomic E-state index is 0.182. The van der Waals surface area contributed by atoms with Gasteiger partial charge in [0.05, 0.1) is 7.11 Å². The van der Waals surface area contributed by atoms with Crippen LogP contribution in [0, 0.1) is 0 Å². The number of hydrogen-bond acceptors (Lipinski definition) is 3. The molecule has 2 N–H and O–H groups in total. The second-order valence-electron chi connectivity index (χ2n) is 4.93. The lowest BCUT2D eigenvalue weighted by Gasteiger charge is -2.09. The fraction of sp³-hybridized carbons (Fsp3) is 0.533. The first kappa shape index (κ1) is 13.9. The molecule has 4 nitrogen and oxygen atoms in total. The first-order valence-electron chi connectivity index (χ1n) is 6.91. The summed E-state index contributed by atoms with van der Waals surface area (Å²) in [4.78, 5) is 11.5. The first-order valence-corrected chi connectivity index (χ1v) is 6.91. The van der Waals surface area contributed by atoms with Crippen LogP contribution in [-0.2, 0) is 11.3 Å². The Morgan fingerprint density at radius 1 is 1.37 bits per heavy atom. The Hall–Kier alpha value is -1.55. The van der Waals surface area contributed by atoms with E-state index in [1.807, 2.05) is 24.3 Å². The highest BCUT2D eigenvalue weighted by atomic mass is 16.5. The Balaban J connectivity index is 1.59. The Kier molecular flexibility index (Phi) is 5.21. The minimum Gasteiger partial charge on any atom is -0.496 e. The van der Waals surface area contributed by atoms with Crippen molar-refractivity contribution < 1.29 is 9.53 Å². The van der Waals surface area contributed by atoms with Gasteiger partial charge in [-0.2, -0.15) is 0 Å². The number of carbonyl (C=O) groups excluding carboxylic acids is 1. The van der Waals surface area contributed by atoms with Gasteiger partial charge >= 0.3 is 0 Å². The third-order valence-electron chi connectivity index (χ3n) is 3.21. The zero-order valence-electron chi connectivity index (χ0n) is 11.4. The predicted molar refractivity (Wildman–Crippen MR) is 75.1 cm³/mol. The summed E-state index contributed by atoms with van der Waals surface area (Å²) in [6.07, 6.45) is 3.78. The quantitative estimate of drug-likeness (QED) is 0.703. The van der Waals surface area contributed by atoms with Crippen LogP contribution in [-0.4, -0.2) is 25.6 Å². The number of methoxy groups -OCH3 is 1. The van der Waals surface area contributed by atoms with Gasteiger partial charge < -0.3 is 15.4 Å². The van der Waals surface area contributed by atoms with E-state index in [4.69, 9.17) is 4.74 Å². The third-order valence-corrected chi connectivity index (χ3v) is 3.21. The third kappa shape index (κ3) is 4.91. The van der Waals surface area contributed by atoms with E-state index in [1.165, 1.54) is 0 Å². The van der Waals surface area contributed by atoms with E-state index in [0.29, 0.717) is 12.5 Å². The molecule has 0 spiro atoms. The van der Waals surface area contributed by atoms with Crippen molar-refractivity contribution in [2.45, 2.75) is 38.3 Å². The topological polar surface area (TPSA) is 50.4 Å². The zero-order chi connectivity index (χ0) is 13.5. The molecule has 1 saturated carbocycles. The van der Waals surface area contributed by atoms with Crippen LogP contribution in [0.25, 0.3) is 0 Å². The molecule has 0 radical (unpaired) electrons. The molecule has 1 aromatic rings. The van der Waals surface area contributed by atoms with Crippen molar-refractivity contribution in [1.82, 2.24) is 10.6 Å². The SMILES string of the molecule is COc1ccccc1CNCCCC(=O)NC1CC1. The fourth-order valence-corrected chi connectivity index (χ4v) is 1.97. The molecule has 0 aromatic heterocycles. The summed E-state index contributed by atoms with van der Waals surface area (Å²) in [7, 11) is 1.68. The summed E-state index contributed by atoms with van der Waals surface area (Å²) in [5, 5.41) is 6.33. The summed E-state index contributed by atoms with van der Waals surface area (Å²) in [6, 6.07) is 8.44. The van der Waals surface area contributed by atoms with Crippen LogP contribution in [0.4, 0.5) is 0 Å². The lowest BCUT2D eigenvalue weighted by atomic mass is 10.2. The van der Waals surface area contributed by atoms with E-state index in [9.17, 15) is 4.79 Å². The van der Waals surface area contributed by atoms with E-state index in [0.717, 1.165) is 43.7 Å². The van der Waals surface area contributed by atoms with Crippen LogP contribution in [0.5, 0.6) is 5.75 Å². The van der Waals surface area contributed by atoms with Crippen molar-refractivity contribution >= 4 is 5.91 Å². The predicted octanol–water partition coefficient (Wildman–Crippen LogP) is 1.84. The van der Waals surface area contributed by atoms with Crippen LogP contribution in [0.1, 0.15) is 31.2 Å². The molecule has 1 fully saturated rings. The van der Waals surface area contributed by atoms with Crippen LogP contribution < -0.4 is 15.4 Å². The Labute approximate surface area is 114 Å². The normalized spacial score (nSPS) is 14.2. The van der Waals surface area contributed by atoms with E-state index < -0.39 is 0 Å². The number of carbonyl (C=O) groups is 1. The largest absolute Gasteiger partial charge is 0.496 e. The molecular weight excluding hydrogens is 240 g/mol. The smallest absolute Gasteiger partial charge is 0.220 e. The van der Waals surface area contributed by atoms with Gasteiger partial charge in [0.1, 0.15) is 5.75 Å². The number of benzene rings is 1. The molecule has 1 aromatic carbocycles. The molecule has 0 bridgehead atoms. The average Bonchev–Trinajstić information content (AvgIpc) is 3.22. The van der Waals surface area contributed by atoms with Crippen LogP contribution in [0.15, 0.2) is 24.3 Å². The molecule has 104 valence electrons. The molecule has 0 atom stereocenters. The van der Waals surface area contributed by atoms with Crippen molar-refractivity contribution in [3.63, 3.8) is 0 Å². The van der Waals surface area contributed by atoms with Crippen LogP contribution in [0.3, 0.4) is 0 Å². The van der Waals surface area contributed by atoms with Gasteiger partial charge in [0, 0.05) is 24.6 Å². The summed E-state index contributed by atoms with van der Waals surface area (Å²) < 4.78 is 5.29. The molecule has 0 unspecified atom stereocenters. The average molecular weight is 262 g/mol. The molecule has 0 aliphatic heterocycles. The summed E-state index contributed by atoms with van der Waals surface area (Å²) >= 11 is 0. The maximum atomic E-state index is 11.5. The highest BCUT2D eigenvalue weighted by Gasteiger charge is 2.22. The van der Waals surface area contributed by atoms with Crippen molar-refractivity contribution in [2.75, 3.05) is 13.7 Å². The first-order chi connectivity index (χ1) is 9.29. The summed E-state index contributed by atoms with van der Waals surface area (Å²) in [5.74, 6) is 1.09. The van der Waals surface area contributed by atoms with Crippen molar-refractivity contribution in [2.24, 2.45) is 0 Å². The van der Waals surface area contributed by atoms with E-state index in [1.54, 1.807) is 7.11 Å². The standard InChI is InChI=1S/C15H22N2O2/c1-19-14-6-3-2-5-12(14)11-16-10-4-7-15(18)17-13-8-9-13/h2-3,5-6,13,16H,4,7-11H2,1H3,(H,17,18). The Bertz CT molecular complexity index is 416. The number of amides is 1. The highest BCUT2D eigenvalue weighted by molar-refractivity contribution is 5.76. The second kappa shape index (κ2) is 7.14. The molecule has 1 amide bonds. The van der Waals surface area contributed by atoms with Gasteiger partial charge in [-0.05, 0) is 31.9 Å². The van der Waals surface area contributed by atoms with Gasteiger partial charge in [0.25, 0.3) is 0 Å². The molecule has 0 saturated heterocycles. The highest BCUT2D eigenvalue weighted by Crippen LogP contribution is 2.18. The fourth-order valence-electron chi connectivity index (χ4n) is 1.97. The van der Waals surface area contributed by atoms with Crippen LogP contribution in [0.2, 0.25) is 0 Å². The van der Waals surface area contributed by atoms with Crippen molar-refractivity contribution in [3.05, 3.63) is 29.8 Å². The minimum atomic E-state index is 0.182. The molecule has 4 heteroatoms. The van der Waals surface area contributed by atoms with E-state index >= 15 is 0 Å². The lowest BCUT2D eigenvalue weighted by molar-refractivity contribution is -0.121. The van der Waals surface area contributed by atoms with Gasteiger partial charge in [0.15, 0.2) is 0 Å². The Morgan fingerprint density at radius 2 is 2.16 bits per heavy atom. The number of hydrogen-bond donors (Lipinski definition) is 2. The van der Waals surface area contributed by atoms with Gasteiger partial charge in [-0.25, -0.2) is 0 Å². The second-order valence-corrected chi connectivity index (χ2v) is 4.93. The van der Waals surface area contributed by atoms with Gasteiger partial charge in [-0.3, -0.25) is 4.79 Å². The van der Waals surface area contributed by atoms with Crippen LogP contribution >= 0.6 is 0 Å². The molecule has 0 heterocycles. The number of nitrogens with one attached hydrogen (secondary N) is 2. The molecule has 1 aliphatic carbocycles. The summed E-state index contributed by atoms with van der Waals surface area (Å²) in [6.45, 7) is 1.62. The maximum absolute atomic E-state index is 11.5. The molecule has 2 rings (SSSR count). The van der Waals surface area contributed by atoms with Crippen molar-refractivity contribution in [3.8, 4) is 5.75 Å². The van der Waals surface area contributed by atoms with Gasteiger partial charge in [0.2, 0.25) is 5.91 Å². The number of ether oxygens (including phenoxy) is 1. The zero-order valence-corrected chi connectivity index (χ0v) is 11.4. The lowest BCUT2D eigenvalue weighted by Crippen LogP contribution is -2.26. The molecule has 19 heavy (non-hydrogen) atoms. The van der Waals surface area contributed by atoms with Gasteiger partial charge in [-0.15, -0.1) is 0 Å². The maximum Gasteiger partial charge on any atom is 0.220 e. The van der Waals surface area contributed by atoms with E-state index in [-0.39, 0.29) is 5.91 Å². The summed E-state index contributed by atoms with van der Waals surface area (Å²) in [5.41, 5.74) is 1.15.